The topological polar surface area (TPSA) is 119 Å². The molecule has 0 saturated carbocycles. The van der Waals surface area contributed by atoms with Gasteiger partial charge in [0.25, 0.3) is 5.91 Å². The molecule has 1 aromatic carbocycles. The lowest BCUT2D eigenvalue weighted by atomic mass is 10.1. The number of aromatic carboxylic acids is 1. The highest BCUT2D eigenvalue weighted by atomic mass is 32.1. The van der Waals surface area contributed by atoms with Crippen molar-refractivity contribution in [2.24, 2.45) is 5.73 Å². The van der Waals surface area contributed by atoms with Gasteiger partial charge in [0.2, 0.25) is 0 Å². The van der Waals surface area contributed by atoms with Crippen LogP contribution in [-0.2, 0) is 4.74 Å². The molecule has 0 spiro atoms. The highest BCUT2D eigenvalue weighted by Gasteiger charge is 2.21. The number of benzene rings is 1. The van der Waals surface area contributed by atoms with Crippen molar-refractivity contribution in [3.8, 4) is 10.4 Å². The second kappa shape index (κ2) is 6.94. The summed E-state index contributed by atoms with van der Waals surface area (Å²) in [4.78, 5) is 35.3. The molecule has 7 nitrogen and oxygen atoms in total. The first-order valence-electron chi connectivity index (χ1n) is 7.34. The zero-order valence-corrected chi connectivity index (χ0v) is 14.8. The van der Waals surface area contributed by atoms with E-state index in [2.05, 4.69) is 5.32 Å². The summed E-state index contributed by atoms with van der Waals surface area (Å²) in [7, 11) is 0. The molecule has 0 aliphatic heterocycles. The van der Waals surface area contributed by atoms with Crippen LogP contribution in [0.15, 0.2) is 30.3 Å². The molecule has 0 saturated heterocycles. The van der Waals surface area contributed by atoms with Gasteiger partial charge in [0.05, 0.1) is 11.1 Å². The van der Waals surface area contributed by atoms with Crippen LogP contribution in [0.1, 0.15) is 41.5 Å². The molecule has 4 N–H and O–H groups in total. The smallest absolute Gasteiger partial charge is 0.412 e. The largest absolute Gasteiger partial charge is 0.478 e. The maximum absolute atomic E-state index is 11.9. The molecular weight excluding hydrogens is 344 g/mol. The van der Waals surface area contributed by atoms with E-state index >= 15 is 0 Å². The van der Waals surface area contributed by atoms with Crippen molar-refractivity contribution in [2.45, 2.75) is 26.4 Å². The number of amides is 2. The molecule has 132 valence electrons. The molecule has 0 bridgehead atoms. The monoisotopic (exact) mass is 362 g/mol. The summed E-state index contributed by atoms with van der Waals surface area (Å²) in [5.74, 6) is -1.76. The lowest BCUT2D eigenvalue weighted by Crippen LogP contribution is -2.27. The molecule has 0 aliphatic rings. The molecule has 0 unspecified atom stereocenters. The number of carboxylic acid groups (broad SMARTS) is 1. The molecular formula is C17H18N2O5S. The maximum Gasteiger partial charge on any atom is 0.412 e. The summed E-state index contributed by atoms with van der Waals surface area (Å²) in [6.45, 7) is 5.16. The average molecular weight is 362 g/mol. The Morgan fingerprint density at radius 2 is 1.88 bits per heavy atom. The van der Waals surface area contributed by atoms with Crippen molar-refractivity contribution in [2.75, 3.05) is 5.32 Å². The first-order valence-corrected chi connectivity index (χ1v) is 8.16. The Bertz CT molecular complexity index is 836. The minimum Gasteiger partial charge on any atom is -0.478 e. The van der Waals surface area contributed by atoms with E-state index in [4.69, 9.17) is 15.6 Å². The molecule has 1 heterocycles. The summed E-state index contributed by atoms with van der Waals surface area (Å²) in [5.41, 5.74) is 5.53. The van der Waals surface area contributed by atoms with Gasteiger partial charge in [-0.1, -0.05) is 12.1 Å². The number of hydrogen-bond acceptors (Lipinski definition) is 5. The summed E-state index contributed by atoms with van der Waals surface area (Å²) >= 11 is 1.11. The SMILES string of the molecule is CC(C)(C)OC(=O)Nc1sc(-c2cccc(C(=O)O)c2)cc1C(N)=O. The minimum absolute atomic E-state index is 0.119. The summed E-state index contributed by atoms with van der Waals surface area (Å²) in [6.07, 6.45) is -0.706. The van der Waals surface area contributed by atoms with Crippen LogP contribution in [0.5, 0.6) is 0 Å². The molecule has 0 fully saturated rings. The van der Waals surface area contributed by atoms with Gasteiger partial charge in [-0.2, -0.15) is 0 Å². The van der Waals surface area contributed by atoms with Crippen LogP contribution in [0.2, 0.25) is 0 Å². The Hall–Kier alpha value is -2.87. The van der Waals surface area contributed by atoms with E-state index in [0.717, 1.165) is 11.3 Å². The number of carboxylic acids is 1. The second-order valence-corrected chi connectivity index (χ2v) is 7.28. The Labute approximate surface area is 148 Å². The van der Waals surface area contributed by atoms with Crippen LogP contribution in [0.3, 0.4) is 0 Å². The van der Waals surface area contributed by atoms with Crippen LogP contribution in [-0.4, -0.2) is 28.7 Å². The van der Waals surface area contributed by atoms with Gasteiger partial charge in [-0.25, -0.2) is 9.59 Å². The van der Waals surface area contributed by atoms with Gasteiger partial charge in [0.1, 0.15) is 10.6 Å². The molecule has 1 aromatic heterocycles. The lowest BCUT2D eigenvalue weighted by molar-refractivity contribution is 0.0634. The zero-order chi connectivity index (χ0) is 18.8. The standard InChI is InChI=1S/C17H18N2O5S/c1-17(2,3)24-16(23)19-14-11(13(18)20)8-12(25-14)9-5-4-6-10(7-9)15(21)22/h4-8H,1-3H3,(H2,18,20)(H,19,23)(H,21,22). The fraction of sp³-hybridized carbons (Fsp3) is 0.235. The van der Waals surface area contributed by atoms with Gasteiger partial charge in [-0.05, 0) is 44.5 Å². The Morgan fingerprint density at radius 3 is 2.44 bits per heavy atom. The fourth-order valence-electron chi connectivity index (χ4n) is 2.01. The Kier molecular flexibility index (Phi) is 5.13. The van der Waals surface area contributed by atoms with Crippen molar-refractivity contribution >= 4 is 34.3 Å². The third-order valence-corrected chi connectivity index (χ3v) is 4.11. The van der Waals surface area contributed by atoms with Crippen molar-refractivity contribution in [1.82, 2.24) is 0 Å². The fourth-order valence-corrected chi connectivity index (χ4v) is 3.06. The minimum atomic E-state index is -1.05. The number of carbonyl (C=O) groups is 3. The van der Waals surface area contributed by atoms with Crippen LogP contribution in [0.25, 0.3) is 10.4 Å². The van der Waals surface area contributed by atoms with E-state index in [1.54, 1.807) is 32.9 Å². The zero-order valence-electron chi connectivity index (χ0n) is 14.0. The second-order valence-electron chi connectivity index (χ2n) is 6.23. The van der Waals surface area contributed by atoms with Crippen LogP contribution in [0.4, 0.5) is 9.80 Å². The van der Waals surface area contributed by atoms with Crippen molar-refractivity contribution in [1.29, 1.82) is 0 Å². The number of hydrogen-bond donors (Lipinski definition) is 3. The first kappa shape index (κ1) is 18.5. The van der Waals surface area contributed by atoms with Gasteiger partial charge in [0.15, 0.2) is 0 Å². The van der Waals surface area contributed by atoms with Crippen molar-refractivity contribution < 1.29 is 24.2 Å². The van der Waals surface area contributed by atoms with Crippen LogP contribution >= 0.6 is 11.3 Å². The van der Waals surface area contributed by atoms with Crippen molar-refractivity contribution in [3.05, 3.63) is 41.5 Å². The Balaban J connectivity index is 2.37. The number of ether oxygens (including phenoxy) is 1. The lowest BCUT2D eigenvalue weighted by Gasteiger charge is -2.19. The number of thiophene rings is 1. The predicted molar refractivity (Wildman–Crippen MR) is 95.1 cm³/mol. The van der Waals surface area contributed by atoms with Crippen LogP contribution in [0, 0.1) is 0 Å². The van der Waals surface area contributed by atoms with Gasteiger partial charge < -0.3 is 15.6 Å². The molecule has 2 aromatic rings. The average Bonchev–Trinajstić information content (AvgIpc) is 2.89. The van der Waals surface area contributed by atoms with E-state index < -0.39 is 23.6 Å². The van der Waals surface area contributed by atoms with E-state index in [1.807, 2.05) is 0 Å². The number of anilines is 1. The third kappa shape index (κ3) is 4.80. The van der Waals surface area contributed by atoms with E-state index in [1.165, 1.54) is 18.2 Å². The summed E-state index contributed by atoms with van der Waals surface area (Å²) in [5, 5.41) is 11.9. The molecule has 0 radical (unpaired) electrons. The molecule has 0 aliphatic carbocycles. The molecule has 8 heteroatoms. The Morgan fingerprint density at radius 1 is 1.20 bits per heavy atom. The van der Waals surface area contributed by atoms with E-state index in [0.29, 0.717) is 10.4 Å². The van der Waals surface area contributed by atoms with Crippen LogP contribution < -0.4 is 11.1 Å². The number of nitrogens with two attached hydrogens (primary N) is 1. The van der Waals surface area contributed by atoms with Crippen molar-refractivity contribution in [3.63, 3.8) is 0 Å². The third-order valence-electron chi connectivity index (χ3n) is 3.01. The van der Waals surface area contributed by atoms with E-state index in [9.17, 15) is 14.4 Å². The molecule has 2 amide bonds. The molecule has 25 heavy (non-hydrogen) atoms. The predicted octanol–water partition coefficient (Wildman–Crippen LogP) is 3.56. The highest BCUT2D eigenvalue weighted by molar-refractivity contribution is 7.20. The summed E-state index contributed by atoms with van der Waals surface area (Å²) < 4.78 is 5.17. The first-order chi connectivity index (χ1) is 11.6. The highest BCUT2D eigenvalue weighted by Crippen LogP contribution is 2.36. The molecule has 0 atom stereocenters. The van der Waals surface area contributed by atoms with E-state index in [-0.39, 0.29) is 16.1 Å². The number of primary amides is 1. The number of nitrogens with one attached hydrogen (secondary N) is 1. The molecule has 2 rings (SSSR count). The maximum atomic E-state index is 11.9. The van der Waals surface area contributed by atoms with Gasteiger partial charge >= 0.3 is 12.1 Å². The number of rotatable bonds is 4. The summed E-state index contributed by atoms with van der Waals surface area (Å²) in [6, 6.07) is 7.77. The van der Waals surface area contributed by atoms with Gasteiger partial charge in [-0.15, -0.1) is 11.3 Å². The quantitative estimate of drug-likeness (QED) is 0.768. The van der Waals surface area contributed by atoms with Gasteiger partial charge in [0, 0.05) is 4.88 Å². The normalized spacial score (nSPS) is 11.0. The number of carbonyl (C=O) groups excluding carboxylic acids is 2. The van der Waals surface area contributed by atoms with Gasteiger partial charge in [-0.3, -0.25) is 10.1 Å².